The van der Waals surface area contributed by atoms with Crippen LogP contribution in [0.4, 0.5) is 11.4 Å². The maximum atomic E-state index is 3.64. The van der Waals surface area contributed by atoms with Crippen molar-refractivity contribution in [2.24, 2.45) is 0 Å². The molecular weight excluding hydrogens is 326 g/mol. The highest BCUT2D eigenvalue weighted by Gasteiger charge is 2.15. The van der Waals surface area contributed by atoms with E-state index in [9.17, 15) is 0 Å². The van der Waals surface area contributed by atoms with E-state index in [0.29, 0.717) is 0 Å². The summed E-state index contributed by atoms with van der Waals surface area (Å²) in [5, 5.41) is 8.82. The fourth-order valence-corrected chi connectivity index (χ4v) is 4.58. The molecule has 0 aromatic heterocycles. The summed E-state index contributed by atoms with van der Waals surface area (Å²) in [5.41, 5.74) is 3.84. The summed E-state index contributed by atoms with van der Waals surface area (Å²) in [4.78, 5) is 0. The standard InChI is InChI=1S/C26H25N/c1-2-7-19(8-3-1)20-13-16-22(17-14-20)27-26-12-6-11-24-23-10-5-4-9-21(23)15-18-25(24)26/h4-6,9-19,27H,1-3,7-8H2. The van der Waals surface area contributed by atoms with Crippen molar-refractivity contribution in [3.63, 3.8) is 0 Å². The number of rotatable bonds is 3. The Morgan fingerprint density at radius 2 is 1.37 bits per heavy atom. The molecule has 0 unspecified atom stereocenters. The van der Waals surface area contributed by atoms with Gasteiger partial charge in [-0.2, -0.15) is 0 Å². The molecule has 1 N–H and O–H groups in total. The Labute approximate surface area is 161 Å². The molecule has 1 fully saturated rings. The maximum Gasteiger partial charge on any atom is 0.0464 e. The lowest BCUT2D eigenvalue weighted by Crippen LogP contribution is -2.04. The Bertz CT molecular complexity index is 1070. The molecule has 1 aliphatic rings. The monoisotopic (exact) mass is 351 g/mol. The highest BCUT2D eigenvalue weighted by molar-refractivity contribution is 6.11. The predicted molar refractivity (Wildman–Crippen MR) is 117 cm³/mol. The molecule has 1 saturated carbocycles. The van der Waals surface area contributed by atoms with E-state index in [4.69, 9.17) is 0 Å². The molecular formula is C26H25N. The molecule has 4 aromatic rings. The second-order valence-electron chi connectivity index (χ2n) is 7.77. The van der Waals surface area contributed by atoms with Gasteiger partial charge < -0.3 is 5.32 Å². The molecule has 1 heteroatoms. The van der Waals surface area contributed by atoms with Gasteiger partial charge in [0.05, 0.1) is 0 Å². The lowest BCUT2D eigenvalue weighted by molar-refractivity contribution is 0.443. The van der Waals surface area contributed by atoms with E-state index in [2.05, 4.69) is 84.2 Å². The molecule has 5 rings (SSSR count). The van der Waals surface area contributed by atoms with Crippen molar-refractivity contribution in [2.75, 3.05) is 5.32 Å². The van der Waals surface area contributed by atoms with E-state index < -0.39 is 0 Å². The average Bonchev–Trinajstić information content (AvgIpc) is 2.75. The summed E-state index contributed by atoms with van der Waals surface area (Å²) in [6.07, 6.45) is 6.88. The van der Waals surface area contributed by atoms with Gasteiger partial charge in [-0.1, -0.05) is 79.9 Å². The number of hydrogen-bond donors (Lipinski definition) is 1. The van der Waals surface area contributed by atoms with Gasteiger partial charge in [-0.25, -0.2) is 0 Å². The molecule has 1 aliphatic carbocycles. The van der Waals surface area contributed by atoms with Crippen LogP contribution in [0.1, 0.15) is 43.6 Å². The van der Waals surface area contributed by atoms with Crippen molar-refractivity contribution in [1.29, 1.82) is 0 Å². The van der Waals surface area contributed by atoms with Crippen LogP contribution >= 0.6 is 0 Å². The molecule has 0 radical (unpaired) electrons. The van der Waals surface area contributed by atoms with E-state index in [0.717, 1.165) is 11.6 Å². The van der Waals surface area contributed by atoms with Crippen molar-refractivity contribution >= 4 is 32.9 Å². The summed E-state index contributed by atoms with van der Waals surface area (Å²) in [6.45, 7) is 0. The summed E-state index contributed by atoms with van der Waals surface area (Å²) < 4.78 is 0. The van der Waals surface area contributed by atoms with Crippen molar-refractivity contribution in [3.05, 3.63) is 84.4 Å². The highest BCUT2D eigenvalue weighted by Crippen LogP contribution is 2.34. The van der Waals surface area contributed by atoms with Gasteiger partial charge in [0.2, 0.25) is 0 Å². The Balaban J connectivity index is 1.46. The Morgan fingerprint density at radius 3 is 2.22 bits per heavy atom. The second kappa shape index (κ2) is 7.08. The molecule has 0 aliphatic heterocycles. The van der Waals surface area contributed by atoms with Crippen LogP contribution in [0, 0.1) is 0 Å². The third-order valence-electron chi connectivity index (χ3n) is 6.05. The van der Waals surface area contributed by atoms with E-state index in [1.165, 1.54) is 64.9 Å². The minimum atomic E-state index is 0.761. The van der Waals surface area contributed by atoms with Crippen LogP contribution < -0.4 is 5.32 Å². The van der Waals surface area contributed by atoms with Crippen LogP contribution in [0.3, 0.4) is 0 Å². The Hall–Kier alpha value is -2.80. The van der Waals surface area contributed by atoms with Gasteiger partial charge in [-0.05, 0) is 58.7 Å². The van der Waals surface area contributed by atoms with Gasteiger partial charge in [-0.3, -0.25) is 0 Å². The molecule has 0 spiro atoms. The third kappa shape index (κ3) is 3.19. The van der Waals surface area contributed by atoms with Crippen LogP contribution in [0.15, 0.2) is 78.9 Å². The van der Waals surface area contributed by atoms with Gasteiger partial charge >= 0.3 is 0 Å². The van der Waals surface area contributed by atoms with Gasteiger partial charge in [-0.15, -0.1) is 0 Å². The molecule has 4 aromatic carbocycles. The minimum absolute atomic E-state index is 0.761. The van der Waals surface area contributed by atoms with Gasteiger partial charge in [0.1, 0.15) is 0 Å². The fourth-order valence-electron chi connectivity index (χ4n) is 4.58. The van der Waals surface area contributed by atoms with E-state index in [-0.39, 0.29) is 0 Å². The van der Waals surface area contributed by atoms with Gasteiger partial charge in [0.15, 0.2) is 0 Å². The third-order valence-corrected chi connectivity index (χ3v) is 6.05. The molecule has 0 bridgehead atoms. The lowest BCUT2D eigenvalue weighted by atomic mass is 9.84. The van der Waals surface area contributed by atoms with Crippen LogP contribution in [-0.2, 0) is 0 Å². The first-order chi connectivity index (χ1) is 13.4. The molecule has 1 nitrogen and oxygen atoms in total. The molecule has 134 valence electrons. The minimum Gasteiger partial charge on any atom is -0.355 e. The Kier molecular flexibility index (Phi) is 4.29. The number of hydrogen-bond acceptors (Lipinski definition) is 1. The van der Waals surface area contributed by atoms with Crippen LogP contribution in [0.2, 0.25) is 0 Å². The lowest BCUT2D eigenvalue weighted by Gasteiger charge is -2.22. The molecule has 0 heterocycles. The first-order valence-corrected chi connectivity index (χ1v) is 10.2. The zero-order valence-corrected chi connectivity index (χ0v) is 15.6. The highest BCUT2D eigenvalue weighted by atomic mass is 14.9. The van der Waals surface area contributed by atoms with Crippen LogP contribution in [0.25, 0.3) is 21.5 Å². The molecule has 0 saturated heterocycles. The van der Waals surface area contributed by atoms with Crippen molar-refractivity contribution in [2.45, 2.75) is 38.0 Å². The normalized spacial score (nSPS) is 15.3. The fraction of sp³-hybridized carbons (Fsp3) is 0.231. The van der Waals surface area contributed by atoms with Gasteiger partial charge in [0, 0.05) is 16.8 Å². The van der Waals surface area contributed by atoms with Crippen molar-refractivity contribution < 1.29 is 0 Å². The zero-order valence-electron chi connectivity index (χ0n) is 15.6. The number of anilines is 2. The van der Waals surface area contributed by atoms with Crippen LogP contribution in [-0.4, -0.2) is 0 Å². The number of benzene rings is 4. The average molecular weight is 351 g/mol. The number of fused-ring (bicyclic) bond motifs is 3. The SMILES string of the molecule is c1ccc2c(c1)ccc1c(Nc3ccc(C4CCCCC4)cc3)cccc12. The van der Waals surface area contributed by atoms with E-state index in [1.807, 2.05) is 0 Å². The van der Waals surface area contributed by atoms with E-state index >= 15 is 0 Å². The van der Waals surface area contributed by atoms with Crippen molar-refractivity contribution in [1.82, 2.24) is 0 Å². The Morgan fingerprint density at radius 1 is 0.593 bits per heavy atom. The predicted octanol–water partition coefficient (Wildman–Crippen LogP) is 7.78. The first-order valence-electron chi connectivity index (χ1n) is 10.2. The zero-order chi connectivity index (χ0) is 18.1. The van der Waals surface area contributed by atoms with Gasteiger partial charge in [0.25, 0.3) is 0 Å². The summed E-state index contributed by atoms with van der Waals surface area (Å²) in [6, 6.07) is 28.7. The summed E-state index contributed by atoms with van der Waals surface area (Å²) >= 11 is 0. The summed E-state index contributed by atoms with van der Waals surface area (Å²) in [7, 11) is 0. The quantitative estimate of drug-likeness (QED) is 0.371. The smallest absolute Gasteiger partial charge is 0.0464 e. The topological polar surface area (TPSA) is 12.0 Å². The second-order valence-corrected chi connectivity index (χ2v) is 7.77. The van der Waals surface area contributed by atoms with E-state index in [1.54, 1.807) is 0 Å². The first kappa shape index (κ1) is 16.4. The summed E-state index contributed by atoms with van der Waals surface area (Å²) in [5.74, 6) is 0.761. The molecule has 27 heavy (non-hydrogen) atoms. The number of nitrogens with one attached hydrogen (secondary N) is 1. The molecule has 0 atom stereocenters. The maximum absolute atomic E-state index is 3.64. The van der Waals surface area contributed by atoms with Crippen LogP contribution in [0.5, 0.6) is 0 Å². The largest absolute Gasteiger partial charge is 0.355 e. The van der Waals surface area contributed by atoms with Crippen molar-refractivity contribution in [3.8, 4) is 0 Å². The molecule has 0 amide bonds.